The van der Waals surface area contributed by atoms with E-state index in [-0.39, 0.29) is 0 Å². The van der Waals surface area contributed by atoms with Crippen molar-refractivity contribution in [3.63, 3.8) is 0 Å². The van der Waals surface area contributed by atoms with E-state index < -0.39 is 0 Å². The summed E-state index contributed by atoms with van der Waals surface area (Å²) in [7, 11) is 0. The van der Waals surface area contributed by atoms with E-state index in [0.717, 1.165) is 18.9 Å². The Labute approximate surface area is 112 Å². The number of nitrogens with one attached hydrogen (secondary N) is 1. The number of benzene rings is 1. The minimum Gasteiger partial charge on any atom is -0.492 e. The van der Waals surface area contributed by atoms with Crippen molar-refractivity contribution in [2.75, 3.05) is 13.2 Å². The number of hydrogen-bond donors (Lipinski definition) is 1. The van der Waals surface area contributed by atoms with Crippen molar-refractivity contribution >= 4 is 0 Å². The van der Waals surface area contributed by atoms with Crippen LogP contribution >= 0.6 is 0 Å². The van der Waals surface area contributed by atoms with Crippen molar-refractivity contribution in [1.82, 2.24) is 5.32 Å². The largest absolute Gasteiger partial charge is 0.492 e. The molecule has 0 aromatic heterocycles. The molecule has 1 aromatic carbocycles. The molecule has 2 nitrogen and oxygen atoms in total. The van der Waals surface area contributed by atoms with Crippen molar-refractivity contribution < 1.29 is 4.74 Å². The van der Waals surface area contributed by atoms with Gasteiger partial charge in [-0.05, 0) is 36.5 Å². The first kappa shape index (κ1) is 15.0. The fraction of sp³-hybridized carbons (Fsp3) is 0.625. The first-order chi connectivity index (χ1) is 8.50. The second kappa shape index (κ2) is 7.42. The van der Waals surface area contributed by atoms with E-state index in [0.29, 0.717) is 17.9 Å². The minimum absolute atomic E-state index is 0.561. The molecule has 0 saturated carbocycles. The Morgan fingerprint density at radius 3 is 2.33 bits per heavy atom. The van der Waals surface area contributed by atoms with Crippen LogP contribution in [0.5, 0.6) is 5.75 Å². The molecule has 1 rings (SSSR count). The Morgan fingerprint density at radius 2 is 1.78 bits per heavy atom. The lowest BCUT2D eigenvalue weighted by Crippen LogP contribution is -2.40. The Bertz CT molecular complexity index is 339. The molecule has 0 bridgehead atoms. The summed E-state index contributed by atoms with van der Waals surface area (Å²) < 4.78 is 5.73. The summed E-state index contributed by atoms with van der Waals surface area (Å²) in [5.74, 6) is 2.27. The van der Waals surface area contributed by atoms with Crippen LogP contribution in [0.3, 0.4) is 0 Å². The van der Waals surface area contributed by atoms with Crippen molar-refractivity contribution in [1.29, 1.82) is 0 Å². The van der Waals surface area contributed by atoms with Crippen molar-refractivity contribution in [3.05, 3.63) is 29.8 Å². The Balaban J connectivity index is 2.30. The molecule has 0 aliphatic carbocycles. The molecular formula is C16H27NO. The van der Waals surface area contributed by atoms with E-state index in [4.69, 9.17) is 4.74 Å². The van der Waals surface area contributed by atoms with Crippen molar-refractivity contribution in [3.8, 4) is 5.75 Å². The first-order valence-electron chi connectivity index (χ1n) is 6.93. The average molecular weight is 249 g/mol. The zero-order valence-electron chi connectivity index (χ0n) is 12.4. The van der Waals surface area contributed by atoms with Crippen LogP contribution in [0.25, 0.3) is 0 Å². The molecule has 0 fully saturated rings. The molecule has 0 amide bonds. The van der Waals surface area contributed by atoms with Crippen LogP contribution in [0.15, 0.2) is 24.3 Å². The normalized spacial score (nSPS) is 11.6. The fourth-order valence-electron chi connectivity index (χ4n) is 2.34. The van der Waals surface area contributed by atoms with Crippen molar-refractivity contribution in [2.24, 2.45) is 11.8 Å². The van der Waals surface area contributed by atoms with Crippen LogP contribution in [-0.4, -0.2) is 19.2 Å². The predicted octanol–water partition coefficient (Wildman–Crippen LogP) is 3.64. The van der Waals surface area contributed by atoms with Crippen LogP contribution in [0.1, 0.15) is 33.3 Å². The third kappa shape index (κ3) is 5.09. The van der Waals surface area contributed by atoms with Gasteiger partial charge in [-0.15, -0.1) is 0 Å². The minimum atomic E-state index is 0.561. The molecule has 0 aliphatic heterocycles. The van der Waals surface area contributed by atoms with Crippen LogP contribution in [0.4, 0.5) is 0 Å². The number of ether oxygens (including phenoxy) is 1. The third-order valence-corrected chi connectivity index (χ3v) is 3.18. The summed E-state index contributed by atoms with van der Waals surface area (Å²) >= 11 is 0. The number of rotatable bonds is 7. The SMILES string of the molecule is Cc1cccc(OCCNC(C(C)C)C(C)C)c1. The molecule has 0 saturated heterocycles. The molecule has 0 heterocycles. The van der Waals surface area contributed by atoms with Crippen LogP contribution in [-0.2, 0) is 0 Å². The van der Waals surface area contributed by atoms with Gasteiger partial charge in [-0.3, -0.25) is 0 Å². The molecule has 0 unspecified atom stereocenters. The lowest BCUT2D eigenvalue weighted by atomic mass is 9.93. The molecule has 18 heavy (non-hydrogen) atoms. The number of aryl methyl sites for hydroxylation is 1. The van der Waals surface area contributed by atoms with E-state index in [1.54, 1.807) is 0 Å². The highest BCUT2D eigenvalue weighted by Crippen LogP contribution is 2.13. The topological polar surface area (TPSA) is 21.3 Å². The van der Waals surface area contributed by atoms with Crippen LogP contribution in [0.2, 0.25) is 0 Å². The molecule has 1 N–H and O–H groups in total. The Morgan fingerprint density at radius 1 is 1.11 bits per heavy atom. The summed E-state index contributed by atoms with van der Waals surface area (Å²) in [6.07, 6.45) is 0. The smallest absolute Gasteiger partial charge is 0.119 e. The van der Waals surface area contributed by atoms with Gasteiger partial charge in [-0.1, -0.05) is 39.8 Å². The maximum Gasteiger partial charge on any atom is 0.119 e. The highest BCUT2D eigenvalue weighted by molar-refractivity contribution is 5.27. The Hall–Kier alpha value is -1.02. The van der Waals surface area contributed by atoms with E-state index in [2.05, 4.69) is 52.1 Å². The average Bonchev–Trinajstić information content (AvgIpc) is 2.27. The molecule has 2 heteroatoms. The van der Waals surface area contributed by atoms with Gasteiger partial charge in [0.05, 0.1) is 0 Å². The lowest BCUT2D eigenvalue weighted by Gasteiger charge is -2.26. The molecule has 0 radical (unpaired) electrons. The molecule has 102 valence electrons. The fourth-order valence-corrected chi connectivity index (χ4v) is 2.34. The highest BCUT2D eigenvalue weighted by Gasteiger charge is 2.15. The van der Waals surface area contributed by atoms with E-state index >= 15 is 0 Å². The molecule has 1 aromatic rings. The van der Waals surface area contributed by atoms with Gasteiger partial charge in [0.15, 0.2) is 0 Å². The van der Waals surface area contributed by atoms with Gasteiger partial charge in [0.25, 0.3) is 0 Å². The summed E-state index contributed by atoms with van der Waals surface area (Å²) in [6, 6.07) is 8.76. The molecule has 0 aliphatic rings. The monoisotopic (exact) mass is 249 g/mol. The van der Waals surface area contributed by atoms with Gasteiger partial charge in [-0.2, -0.15) is 0 Å². The van der Waals surface area contributed by atoms with E-state index in [1.807, 2.05) is 12.1 Å². The maximum absolute atomic E-state index is 5.73. The zero-order chi connectivity index (χ0) is 13.5. The summed E-state index contributed by atoms with van der Waals surface area (Å²) in [4.78, 5) is 0. The Kier molecular flexibility index (Phi) is 6.20. The second-order valence-corrected chi connectivity index (χ2v) is 5.63. The van der Waals surface area contributed by atoms with E-state index in [1.165, 1.54) is 5.56 Å². The van der Waals surface area contributed by atoms with Gasteiger partial charge in [0.2, 0.25) is 0 Å². The first-order valence-corrected chi connectivity index (χ1v) is 6.93. The molecular weight excluding hydrogens is 222 g/mol. The van der Waals surface area contributed by atoms with E-state index in [9.17, 15) is 0 Å². The lowest BCUT2D eigenvalue weighted by molar-refractivity contribution is 0.265. The third-order valence-electron chi connectivity index (χ3n) is 3.18. The molecule has 0 spiro atoms. The van der Waals surface area contributed by atoms with Gasteiger partial charge in [0.1, 0.15) is 12.4 Å². The second-order valence-electron chi connectivity index (χ2n) is 5.63. The van der Waals surface area contributed by atoms with Crippen LogP contribution < -0.4 is 10.1 Å². The van der Waals surface area contributed by atoms with Crippen LogP contribution in [0, 0.1) is 18.8 Å². The number of hydrogen-bond acceptors (Lipinski definition) is 2. The van der Waals surface area contributed by atoms with Gasteiger partial charge >= 0.3 is 0 Å². The summed E-state index contributed by atoms with van der Waals surface area (Å²) in [6.45, 7) is 12.8. The standard InChI is InChI=1S/C16H27NO/c1-12(2)16(13(3)4)17-9-10-18-15-8-6-7-14(5)11-15/h6-8,11-13,16-17H,9-10H2,1-5H3. The summed E-state index contributed by atoms with van der Waals surface area (Å²) in [5.41, 5.74) is 1.24. The predicted molar refractivity (Wildman–Crippen MR) is 78.1 cm³/mol. The van der Waals surface area contributed by atoms with Crippen molar-refractivity contribution in [2.45, 2.75) is 40.7 Å². The van der Waals surface area contributed by atoms with Gasteiger partial charge in [-0.25, -0.2) is 0 Å². The highest BCUT2D eigenvalue weighted by atomic mass is 16.5. The zero-order valence-corrected chi connectivity index (χ0v) is 12.4. The molecule has 0 atom stereocenters. The van der Waals surface area contributed by atoms with Gasteiger partial charge < -0.3 is 10.1 Å². The maximum atomic E-state index is 5.73. The summed E-state index contributed by atoms with van der Waals surface area (Å²) in [5, 5.41) is 3.58. The van der Waals surface area contributed by atoms with Gasteiger partial charge in [0, 0.05) is 12.6 Å². The quantitative estimate of drug-likeness (QED) is 0.745.